The summed E-state index contributed by atoms with van der Waals surface area (Å²) in [6, 6.07) is 8.08. The first-order chi connectivity index (χ1) is 11.5. The summed E-state index contributed by atoms with van der Waals surface area (Å²) >= 11 is 1.62. The molecule has 24 heavy (non-hydrogen) atoms. The van der Waals surface area contributed by atoms with E-state index in [0.717, 1.165) is 53.8 Å². The molecule has 0 saturated heterocycles. The van der Waals surface area contributed by atoms with Gasteiger partial charge in [0.15, 0.2) is 0 Å². The quantitative estimate of drug-likeness (QED) is 0.669. The average molecular weight is 344 g/mol. The molecule has 5 nitrogen and oxygen atoms in total. The Bertz CT molecular complexity index is 738. The van der Waals surface area contributed by atoms with Crippen LogP contribution in [0, 0.1) is 6.92 Å². The maximum Gasteiger partial charge on any atom is 0.142 e. The van der Waals surface area contributed by atoms with Crippen molar-refractivity contribution in [3.63, 3.8) is 0 Å². The highest BCUT2D eigenvalue weighted by Gasteiger charge is 2.18. The monoisotopic (exact) mass is 344 g/mol. The third-order valence-corrected chi connectivity index (χ3v) is 5.10. The molecule has 6 heteroatoms. The molecule has 2 heterocycles. The second-order valence-corrected chi connectivity index (χ2v) is 7.14. The zero-order valence-corrected chi connectivity index (χ0v) is 15.3. The number of ether oxygens (including phenoxy) is 1. The summed E-state index contributed by atoms with van der Waals surface area (Å²) in [6.07, 6.45) is 0. The van der Waals surface area contributed by atoms with Crippen molar-refractivity contribution in [1.29, 1.82) is 0 Å². The molecule has 0 fully saturated rings. The number of thiophene rings is 1. The lowest BCUT2D eigenvalue weighted by atomic mass is 10.2. The van der Waals surface area contributed by atoms with Gasteiger partial charge >= 0.3 is 0 Å². The molecule has 0 spiro atoms. The molecule has 1 aromatic carbocycles. The number of amidine groups is 1. The summed E-state index contributed by atoms with van der Waals surface area (Å²) in [5.41, 5.74) is 9.31. The number of aliphatic imine (C=N–C) groups is 1. The van der Waals surface area contributed by atoms with Gasteiger partial charge in [0.25, 0.3) is 0 Å². The molecule has 3 rings (SSSR count). The predicted octanol–water partition coefficient (Wildman–Crippen LogP) is 2.85. The number of benzene rings is 1. The Morgan fingerprint density at radius 2 is 2.21 bits per heavy atom. The number of aryl methyl sites for hydroxylation is 1. The standard InChI is InChI=1S/C18H24N4OS/c1-13-6-11-24-17(13)18(19)20-14-4-5-16-15(12-14)22(9-10-23-16)8-7-21(2)3/h4-6,11-12H,7-10H2,1-3H3,(H2,19,20). The van der Waals surface area contributed by atoms with E-state index in [2.05, 4.69) is 47.9 Å². The van der Waals surface area contributed by atoms with Gasteiger partial charge in [0.05, 0.1) is 22.8 Å². The lowest BCUT2D eigenvalue weighted by Gasteiger charge is -2.32. The number of likely N-dealkylation sites (N-methyl/N-ethyl adjacent to an activating group) is 1. The zero-order chi connectivity index (χ0) is 17.1. The maximum absolute atomic E-state index is 6.19. The third-order valence-electron chi connectivity index (χ3n) is 4.06. The summed E-state index contributed by atoms with van der Waals surface area (Å²) < 4.78 is 5.78. The molecule has 0 bridgehead atoms. The van der Waals surface area contributed by atoms with Crippen molar-refractivity contribution in [2.75, 3.05) is 45.2 Å². The minimum Gasteiger partial charge on any atom is -0.490 e. The van der Waals surface area contributed by atoms with Crippen molar-refractivity contribution < 1.29 is 4.74 Å². The van der Waals surface area contributed by atoms with Crippen LogP contribution in [0.15, 0.2) is 34.6 Å². The van der Waals surface area contributed by atoms with E-state index in [0.29, 0.717) is 5.84 Å². The lowest BCUT2D eigenvalue weighted by Crippen LogP contribution is -2.37. The number of nitrogens with zero attached hydrogens (tertiary/aromatic N) is 3. The van der Waals surface area contributed by atoms with Crippen LogP contribution in [0.2, 0.25) is 0 Å². The van der Waals surface area contributed by atoms with Crippen LogP contribution in [0.5, 0.6) is 5.75 Å². The van der Waals surface area contributed by atoms with E-state index in [9.17, 15) is 0 Å². The third kappa shape index (κ3) is 3.71. The number of anilines is 1. The van der Waals surface area contributed by atoms with E-state index < -0.39 is 0 Å². The first-order valence-corrected chi connectivity index (χ1v) is 8.97. The van der Waals surface area contributed by atoms with Gasteiger partial charge in [-0.1, -0.05) is 0 Å². The molecule has 128 valence electrons. The predicted molar refractivity (Wildman–Crippen MR) is 102 cm³/mol. The molecule has 0 amide bonds. The topological polar surface area (TPSA) is 54.1 Å². The Morgan fingerprint density at radius 1 is 1.38 bits per heavy atom. The van der Waals surface area contributed by atoms with Crippen molar-refractivity contribution in [2.24, 2.45) is 10.7 Å². The minimum absolute atomic E-state index is 0.569. The van der Waals surface area contributed by atoms with Crippen LogP contribution in [0.1, 0.15) is 10.4 Å². The normalized spacial score (nSPS) is 14.7. The minimum atomic E-state index is 0.569. The molecule has 2 N–H and O–H groups in total. The van der Waals surface area contributed by atoms with E-state index in [1.807, 2.05) is 17.5 Å². The first-order valence-electron chi connectivity index (χ1n) is 8.10. The van der Waals surface area contributed by atoms with Crippen molar-refractivity contribution >= 4 is 28.5 Å². The Labute approximate surface area is 147 Å². The SMILES string of the molecule is Cc1ccsc1C(N)=Nc1ccc2c(c1)N(CCN(C)C)CCO2. The molecule has 2 aromatic rings. The molecule has 0 radical (unpaired) electrons. The fourth-order valence-electron chi connectivity index (χ4n) is 2.71. The summed E-state index contributed by atoms with van der Waals surface area (Å²) in [7, 11) is 4.18. The van der Waals surface area contributed by atoms with Crippen LogP contribution in [-0.4, -0.2) is 51.1 Å². The van der Waals surface area contributed by atoms with E-state index >= 15 is 0 Å². The summed E-state index contributed by atoms with van der Waals surface area (Å²) in [5, 5.41) is 2.04. The Morgan fingerprint density at radius 3 is 2.92 bits per heavy atom. The van der Waals surface area contributed by atoms with Crippen LogP contribution in [0.4, 0.5) is 11.4 Å². The highest BCUT2D eigenvalue weighted by atomic mass is 32.1. The molecular formula is C18H24N4OS. The molecule has 1 aliphatic heterocycles. The average Bonchev–Trinajstić information content (AvgIpc) is 2.99. The fourth-order valence-corrected chi connectivity index (χ4v) is 3.54. The lowest BCUT2D eigenvalue weighted by molar-refractivity contribution is 0.303. The molecule has 0 atom stereocenters. The van der Waals surface area contributed by atoms with Crippen molar-refractivity contribution in [2.45, 2.75) is 6.92 Å². The number of hydrogen-bond donors (Lipinski definition) is 1. The van der Waals surface area contributed by atoms with Crippen molar-refractivity contribution in [1.82, 2.24) is 4.90 Å². The van der Waals surface area contributed by atoms with Gasteiger partial charge in [-0.15, -0.1) is 11.3 Å². The second kappa shape index (κ2) is 7.23. The highest BCUT2D eigenvalue weighted by Crippen LogP contribution is 2.35. The van der Waals surface area contributed by atoms with Gasteiger partial charge in [0, 0.05) is 13.1 Å². The van der Waals surface area contributed by atoms with Crippen LogP contribution < -0.4 is 15.4 Å². The van der Waals surface area contributed by atoms with Gasteiger partial charge in [0.2, 0.25) is 0 Å². The molecule has 0 saturated carbocycles. The van der Waals surface area contributed by atoms with E-state index in [1.54, 1.807) is 11.3 Å². The number of hydrogen-bond acceptors (Lipinski definition) is 5. The van der Waals surface area contributed by atoms with Crippen LogP contribution in [0.3, 0.4) is 0 Å². The van der Waals surface area contributed by atoms with E-state index in [4.69, 9.17) is 10.5 Å². The summed E-state index contributed by atoms with van der Waals surface area (Å²) in [5.74, 6) is 1.49. The Balaban J connectivity index is 1.86. The van der Waals surface area contributed by atoms with Gasteiger partial charge in [-0.05, 0) is 56.2 Å². The number of fused-ring (bicyclic) bond motifs is 1. The molecule has 1 aromatic heterocycles. The highest BCUT2D eigenvalue weighted by molar-refractivity contribution is 7.12. The van der Waals surface area contributed by atoms with Crippen molar-refractivity contribution in [3.05, 3.63) is 40.1 Å². The molecule has 0 aliphatic carbocycles. The number of rotatable bonds is 5. The largest absolute Gasteiger partial charge is 0.490 e. The second-order valence-electron chi connectivity index (χ2n) is 6.22. The van der Waals surface area contributed by atoms with Gasteiger partial charge in [-0.2, -0.15) is 0 Å². The van der Waals surface area contributed by atoms with Gasteiger partial charge in [0.1, 0.15) is 18.2 Å². The fraction of sp³-hybridized carbons (Fsp3) is 0.389. The zero-order valence-electron chi connectivity index (χ0n) is 14.5. The van der Waals surface area contributed by atoms with Crippen LogP contribution in [0.25, 0.3) is 0 Å². The van der Waals surface area contributed by atoms with Crippen LogP contribution >= 0.6 is 11.3 Å². The first kappa shape index (κ1) is 16.8. The summed E-state index contributed by atoms with van der Waals surface area (Å²) in [4.78, 5) is 10.2. The molecule has 0 unspecified atom stereocenters. The van der Waals surface area contributed by atoms with Crippen LogP contribution in [-0.2, 0) is 0 Å². The van der Waals surface area contributed by atoms with E-state index in [1.165, 1.54) is 0 Å². The number of nitrogens with two attached hydrogens (primary N) is 1. The van der Waals surface area contributed by atoms with E-state index in [-0.39, 0.29) is 0 Å². The Hall–Kier alpha value is -2.05. The smallest absolute Gasteiger partial charge is 0.142 e. The summed E-state index contributed by atoms with van der Waals surface area (Å²) in [6.45, 7) is 5.64. The maximum atomic E-state index is 6.19. The van der Waals surface area contributed by atoms with Crippen molar-refractivity contribution in [3.8, 4) is 5.75 Å². The molecule has 1 aliphatic rings. The van der Waals surface area contributed by atoms with Gasteiger partial charge in [-0.25, -0.2) is 4.99 Å². The Kier molecular flexibility index (Phi) is 5.06. The molecular weight excluding hydrogens is 320 g/mol. The van der Waals surface area contributed by atoms with Gasteiger partial charge in [-0.3, -0.25) is 0 Å². The van der Waals surface area contributed by atoms with Gasteiger partial charge < -0.3 is 20.3 Å².